The van der Waals surface area contributed by atoms with E-state index in [0.29, 0.717) is 36.7 Å². The highest BCUT2D eigenvalue weighted by Crippen LogP contribution is 2.42. The largest absolute Gasteiger partial charge is 0.444 e. The summed E-state index contributed by atoms with van der Waals surface area (Å²) in [5.74, 6) is -0.266. The van der Waals surface area contributed by atoms with Crippen molar-refractivity contribution in [2.75, 3.05) is 0 Å². The minimum Gasteiger partial charge on any atom is -0.444 e. The van der Waals surface area contributed by atoms with Crippen molar-refractivity contribution in [1.29, 1.82) is 0 Å². The van der Waals surface area contributed by atoms with Crippen LogP contribution in [0.2, 0.25) is 0 Å². The molecule has 1 radical (unpaired) electrons. The average molecular weight is 456 g/mol. The van der Waals surface area contributed by atoms with Crippen molar-refractivity contribution < 1.29 is 18.7 Å². The number of alkyl carbamates (subject to hydrolysis) is 1. The second kappa shape index (κ2) is 8.61. The average Bonchev–Trinajstić information content (AvgIpc) is 2.98. The van der Waals surface area contributed by atoms with Crippen LogP contribution in [0.4, 0.5) is 9.18 Å². The zero-order valence-corrected chi connectivity index (χ0v) is 19.0. The lowest BCUT2D eigenvalue weighted by Crippen LogP contribution is -2.51. The maximum Gasteiger partial charge on any atom is 0.408 e. The Morgan fingerprint density at radius 2 is 1.91 bits per heavy atom. The Morgan fingerprint density at radius 3 is 2.55 bits per heavy atom. The number of nitrogens with zero attached hydrogens (tertiary/aromatic N) is 2. The van der Waals surface area contributed by atoms with Crippen LogP contribution in [0.15, 0.2) is 29.1 Å². The van der Waals surface area contributed by atoms with E-state index in [1.165, 1.54) is 16.7 Å². The number of rotatable bonds is 4. The standard InChI is InChI=1S/C24H28FN4O4/c1-23(2,3)33-22(32)28-24-10-8-16(9-11-24)14-29-19(30)12-18(27-21(24)29)20(31)26-13-15-4-6-17(25)7-5-15/h4-7,16H,8-11,13-14H2,1-3H3,(H,26,31)(H,28,32). The molecule has 2 bridgehead atoms. The second-order valence-electron chi connectivity index (χ2n) is 9.79. The molecule has 2 amide bonds. The molecule has 2 N–H and O–H groups in total. The molecular weight excluding hydrogens is 427 g/mol. The molecule has 1 aromatic carbocycles. The van der Waals surface area contributed by atoms with Gasteiger partial charge in [-0.25, -0.2) is 14.2 Å². The zero-order chi connectivity index (χ0) is 23.8. The molecule has 0 atom stereocenters. The van der Waals surface area contributed by atoms with Gasteiger partial charge in [0.25, 0.3) is 11.5 Å². The molecule has 175 valence electrons. The molecular formula is C24H28FN4O4. The first-order chi connectivity index (χ1) is 15.5. The van der Waals surface area contributed by atoms with Crippen molar-refractivity contribution in [3.05, 3.63) is 63.6 Å². The molecule has 2 aromatic rings. The highest BCUT2D eigenvalue weighted by Gasteiger charge is 2.46. The normalized spacial score (nSPS) is 21.6. The lowest BCUT2D eigenvalue weighted by molar-refractivity contribution is 0.0406. The number of halogens is 1. The monoisotopic (exact) mass is 455 g/mol. The number of benzene rings is 1. The molecule has 1 saturated carbocycles. The summed E-state index contributed by atoms with van der Waals surface area (Å²) in [7, 11) is 0. The van der Waals surface area contributed by atoms with Gasteiger partial charge in [0, 0.05) is 13.1 Å². The van der Waals surface area contributed by atoms with Crippen molar-refractivity contribution in [1.82, 2.24) is 20.2 Å². The van der Waals surface area contributed by atoms with E-state index in [1.54, 1.807) is 32.9 Å². The van der Waals surface area contributed by atoms with Crippen LogP contribution in [0.3, 0.4) is 0 Å². The number of fused-ring (bicyclic) bond motifs is 2. The molecule has 0 unspecified atom stereocenters. The number of carbonyl (C=O) groups excluding carboxylic acids is 2. The molecule has 33 heavy (non-hydrogen) atoms. The molecule has 1 fully saturated rings. The number of amides is 2. The van der Waals surface area contributed by atoms with Crippen LogP contribution in [-0.4, -0.2) is 27.2 Å². The van der Waals surface area contributed by atoms with E-state index in [2.05, 4.69) is 21.7 Å². The first-order valence-electron chi connectivity index (χ1n) is 11.1. The van der Waals surface area contributed by atoms with Crippen LogP contribution in [0.1, 0.15) is 68.3 Å². The third-order valence-electron chi connectivity index (χ3n) is 6.09. The molecule has 5 rings (SSSR count). The predicted molar refractivity (Wildman–Crippen MR) is 118 cm³/mol. The van der Waals surface area contributed by atoms with Gasteiger partial charge in [-0.05, 0) is 70.1 Å². The maximum atomic E-state index is 13.1. The number of hydrogen-bond donors (Lipinski definition) is 2. The van der Waals surface area contributed by atoms with Crippen LogP contribution >= 0.6 is 0 Å². The van der Waals surface area contributed by atoms with Crippen LogP contribution in [0, 0.1) is 17.8 Å². The minimum absolute atomic E-state index is 0.135. The Kier molecular flexibility index (Phi) is 5.99. The minimum atomic E-state index is -0.893. The SMILES string of the molecule is CC(C)(C)OC(=O)NC12CCC(CC1)Cn1c2nc(C(=O)NCc2ccc(F)cc2)[c]c1=O. The zero-order valence-electron chi connectivity index (χ0n) is 19.0. The number of hydrogen-bond acceptors (Lipinski definition) is 5. The van der Waals surface area contributed by atoms with Crippen LogP contribution in [0.5, 0.6) is 0 Å². The van der Waals surface area contributed by atoms with Gasteiger partial charge in [0.05, 0.1) is 6.07 Å². The smallest absolute Gasteiger partial charge is 0.408 e. The topological polar surface area (TPSA) is 102 Å². The van der Waals surface area contributed by atoms with Gasteiger partial charge in [0.2, 0.25) is 0 Å². The van der Waals surface area contributed by atoms with Crippen LogP contribution in [-0.2, 0) is 23.4 Å². The van der Waals surface area contributed by atoms with Crippen LogP contribution < -0.4 is 16.2 Å². The van der Waals surface area contributed by atoms with E-state index in [-0.39, 0.29) is 18.1 Å². The van der Waals surface area contributed by atoms with E-state index in [9.17, 15) is 18.8 Å². The summed E-state index contributed by atoms with van der Waals surface area (Å²) in [6.45, 7) is 5.97. The summed E-state index contributed by atoms with van der Waals surface area (Å²) in [6.07, 6.45) is 2.27. The third kappa shape index (κ3) is 5.07. The van der Waals surface area contributed by atoms with E-state index in [1.807, 2.05) is 0 Å². The number of aromatic nitrogens is 2. The van der Waals surface area contributed by atoms with Crippen molar-refractivity contribution in [2.45, 2.75) is 70.7 Å². The highest BCUT2D eigenvalue weighted by atomic mass is 19.1. The second-order valence-corrected chi connectivity index (χ2v) is 9.79. The summed E-state index contributed by atoms with van der Waals surface area (Å²) in [4.78, 5) is 42.9. The predicted octanol–water partition coefficient (Wildman–Crippen LogP) is 3.04. The van der Waals surface area contributed by atoms with Gasteiger partial charge in [-0.3, -0.25) is 14.2 Å². The molecule has 9 heteroatoms. The Balaban J connectivity index is 1.63. The van der Waals surface area contributed by atoms with Gasteiger partial charge >= 0.3 is 6.09 Å². The summed E-state index contributed by atoms with van der Waals surface area (Å²) in [5.41, 5.74) is -1.45. The van der Waals surface area contributed by atoms with Crippen molar-refractivity contribution in [2.24, 2.45) is 5.92 Å². The summed E-state index contributed by atoms with van der Waals surface area (Å²) >= 11 is 0. The molecule has 3 aliphatic rings. The van der Waals surface area contributed by atoms with Gasteiger partial charge in [-0.1, -0.05) is 12.1 Å². The Morgan fingerprint density at radius 1 is 1.24 bits per heavy atom. The Hall–Kier alpha value is -3.23. The van der Waals surface area contributed by atoms with Gasteiger partial charge in [0.1, 0.15) is 28.5 Å². The molecule has 1 aliphatic carbocycles. The number of ether oxygens (including phenoxy) is 1. The molecule has 2 aliphatic heterocycles. The Bertz CT molecular complexity index is 1110. The van der Waals surface area contributed by atoms with Crippen LogP contribution in [0.25, 0.3) is 0 Å². The van der Waals surface area contributed by atoms with E-state index < -0.39 is 28.7 Å². The van der Waals surface area contributed by atoms with Crippen molar-refractivity contribution in [3.8, 4) is 0 Å². The molecule has 1 aromatic heterocycles. The van der Waals surface area contributed by atoms with Crippen molar-refractivity contribution >= 4 is 12.0 Å². The summed E-state index contributed by atoms with van der Waals surface area (Å²) < 4.78 is 20.1. The number of carbonyl (C=O) groups is 2. The molecule has 0 spiro atoms. The third-order valence-corrected chi connectivity index (χ3v) is 6.09. The fraction of sp³-hybridized carbons (Fsp3) is 0.500. The summed E-state index contributed by atoms with van der Waals surface area (Å²) in [6, 6.07) is 8.32. The summed E-state index contributed by atoms with van der Waals surface area (Å²) in [5, 5.41) is 5.66. The lowest BCUT2D eigenvalue weighted by Gasteiger charge is -2.37. The Labute approximate surface area is 191 Å². The molecule has 0 saturated heterocycles. The van der Waals surface area contributed by atoms with Gasteiger partial charge in [-0.15, -0.1) is 0 Å². The lowest BCUT2D eigenvalue weighted by atomic mass is 9.77. The van der Waals surface area contributed by atoms with Gasteiger partial charge in [0.15, 0.2) is 0 Å². The van der Waals surface area contributed by atoms with Crippen molar-refractivity contribution in [3.63, 3.8) is 0 Å². The highest BCUT2D eigenvalue weighted by molar-refractivity contribution is 5.91. The van der Waals surface area contributed by atoms with E-state index in [0.717, 1.165) is 12.8 Å². The fourth-order valence-corrected chi connectivity index (χ4v) is 4.48. The van der Waals surface area contributed by atoms with E-state index >= 15 is 0 Å². The molecule has 8 nitrogen and oxygen atoms in total. The van der Waals surface area contributed by atoms with Gasteiger partial charge in [-0.2, -0.15) is 0 Å². The maximum absolute atomic E-state index is 13.1. The first kappa shape index (κ1) is 22.9. The fourth-order valence-electron chi connectivity index (χ4n) is 4.48. The van der Waals surface area contributed by atoms with E-state index in [4.69, 9.17) is 4.74 Å². The number of nitrogens with one attached hydrogen (secondary N) is 2. The van der Waals surface area contributed by atoms with Gasteiger partial charge < -0.3 is 15.4 Å². The molecule has 3 heterocycles. The quantitative estimate of drug-likeness (QED) is 0.738. The first-order valence-corrected chi connectivity index (χ1v) is 11.1.